The fourth-order valence-corrected chi connectivity index (χ4v) is 2.00. The van der Waals surface area contributed by atoms with Crippen LogP contribution in [0.25, 0.3) is 0 Å². The molecule has 1 aliphatic rings. The fraction of sp³-hybridized carbons (Fsp3) is 0.333. The molecule has 2 N–H and O–H groups in total. The number of rotatable bonds is 2. The molecule has 0 amide bonds. The maximum Gasteiger partial charge on any atom is 0.335 e. The van der Waals surface area contributed by atoms with Crippen molar-refractivity contribution in [3.63, 3.8) is 0 Å². The van der Waals surface area contributed by atoms with E-state index in [9.17, 15) is 8.42 Å². The Labute approximate surface area is 86.2 Å². The molecule has 0 radical (unpaired) electrons. The van der Waals surface area contributed by atoms with Gasteiger partial charge in [-0.1, -0.05) is 29.8 Å². The lowest BCUT2D eigenvalue weighted by Gasteiger charge is -2.26. The lowest BCUT2D eigenvalue weighted by atomic mass is 10.1. The Morgan fingerprint density at radius 1 is 1.46 bits per heavy atom. The highest BCUT2D eigenvalue weighted by atomic mass is 35.5. The van der Waals surface area contributed by atoms with E-state index in [1.165, 1.54) is 18.2 Å². The Morgan fingerprint density at radius 3 is 2.54 bits per heavy atom. The van der Waals surface area contributed by atoms with Gasteiger partial charge in [0.1, 0.15) is 5.38 Å². The van der Waals surface area contributed by atoms with Gasteiger partial charge in [-0.3, -0.25) is 0 Å². The van der Waals surface area contributed by atoms with Gasteiger partial charge in [0, 0.05) is 0 Å². The van der Waals surface area contributed by atoms with Crippen LogP contribution < -0.4 is 5.14 Å². The fourth-order valence-electron chi connectivity index (χ4n) is 0.823. The predicted octanol–water partition coefficient (Wildman–Crippen LogP) is 0.875. The summed E-state index contributed by atoms with van der Waals surface area (Å²) in [6, 6.07) is 0. The third kappa shape index (κ3) is 2.96. The average Bonchev–Trinajstić information content (AvgIpc) is 1.92. The third-order valence-corrected chi connectivity index (χ3v) is 2.95. The molecular weight excluding hydrogens is 237 g/mol. The van der Waals surface area contributed by atoms with Crippen LogP contribution in [0, 0.1) is 0 Å². The van der Waals surface area contributed by atoms with Crippen LogP contribution in [0.3, 0.4) is 0 Å². The highest BCUT2D eigenvalue weighted by Crippen LogP contribution is 2.32. The summed E-state index contributed by atoms with van der Waals surface area (Å²) in [6.45, 7) is 0. The molecule has 2 atom stereocenters. The van der Waals surface area contributed by atoms with E-state index in [0.717, 1.165) is 0 Å². The van der Waals surface area contributed by atoms with Crippen LogP contribution in [-0.2, 0) is 14.5 Å². The van der Waals surface area contributed by atoms with Gasteiger partial charge >= 0.3 is 10.3 Å². The average molecular weight is 244 g/mol. The summed E-state index contributed by atoms with van der Waals surface area (Å²) in [5.41, 5.74) is 0. The van der Waals surface area contributed by atoms with Crippen molar-refractivity contribution in [3.8, 4) is 0 Å². The molecule has 0 spiro atoms. The van der Waals surface area contributed by atoms with E-state index in [2.05, 4.69) is 9.32 Å². The van der Waals surface area contributed by atoms with E-state index >= 15 is 0 Å². The second-order valence-electron chi connectivity index (χ2n) is 2.42. The molecule has 0 aromatic heterocycles. The molecule has 7 heteroatoms. The Bertz CT molecular complexity index is 351. The zero-order valence-corrected chi connectivity index (χ0v) is 8.68. The van der Waals surface area contributed by atoms with Gasteiger partial charge in [-0.25, -0.2) is 9.32 Å². The summed E-state index contributed by atoms with van der Waals surface area (Å²) >= 11 is 11.5. The molecular formula is C6H7Cl2NO3S. The smallest absolute Gasteiger partial charge is 0.229 e. The van der Waals surface area contributed by atoms with Crippen molar-refractivity contribution >= 4 is 33.5 Å². The molecule has 0 fully saturated rings. The molecule has 0 aromatic carbocycles. The van der Waals surface area contributed by atoms with E-state index in [4.69, 9.17) is 23.2 Å². The molecule has 0 aromatic rings. The maximum atomic E-state index is 10.6. The molecule has 0 saturated carbocycles. The van der Waals surface area contributed by atoms with E-state index in [-0.39, 0.29) is 0 Å². The number of alkyl halides is 2. The van der Waals surface area contributed by atoms with Crippen molar-refractivity contribution < 1.29 is 12.6 Å². The Balaban J connectivity index is 2.89. The minimum Gasteiger partial charge on any atom is -0.229 e. The number of halogens is 2. The van der Waals surface area contributed by atoms with Crippen molar-refractivity contribution in [2.24, 2.45) is 5.14 Å². The van der Waals surface area contributed by atoms with Gasteiger partial charge in [-0.2, -0.15) is 8.42 Å². The van der Waals surface area contributed by atoms with Gasteiger partial charge in [-0.15, -0.1) is 11.6 Å². The molecule has 13 heavy (non-hydrogen) atoms. The van der Waals surface area contributed by atoms with E-state index < -0.39 is 20.7 Å². The van der Waals surface area contributed by atoms with Gasteiger partial charge in [0.2, 0.25) is 0 Å². The lowest BCUT2D eigenvalue weighted by Crippen LogP contribution is -2.38. The highest BCUT2D eigenvalue weighted by Gasteiger charge is 2.38. The third-order valence-electron chi connectivity index (χ3n) is 1.33. The molecule has 74 valence electrons. The molecule has 0 saturated heterocycles. The van der Waals surface area contributed by atoms with Crippen molar-refractivity contribution in [1.82, 2.24) is 0 Å². The number of allylic oxidation sites excluding steroid dienone is 2. The predicted molar refractivity (Wildman–Crippen MR) is 50.7 cm³/mol. The van der Waals surface area contributed by atoms with Crippen molar-refractivity contribution in [1.29, 1.82) is 0 Å². The number of hydrogen-bond acceptors (Lipinski definition) is 3. The molecule has 0 bridgehead atoms. The topological polar surface area (TPSA) is 69.4 Å². The first-order valence-electron chi connectivity index (χ1n) is 3.26. The van der Waals surface area contributed by atoms with Gasteiger partial charge in [-0.05, 0) is 6.08 Å². The standard InChI is InChI=1S/C6H7Cl2NO3S/c7-5-3-1-2-4-6(5,8)12-13(9,10)11/h1-5H,(H2,9,10,11). The summed E-state index contributed by atoms with van der Waals surface area (Å²) in [5, 5.41) is 2.26. The van der Waals surface area contributed by atoms with Crippen molar-refractivity contribution in [2.45, 2.75) is 10.4 Å². The van der Waals surface area contributed by atoms with Crippen LogP contribution in [0.4, 0.5) is 0 Å². The zero-order valence-electron chi connectivity index (χ0n) is 6.35. The Kier molecular flexibility index (Phi) is 3.04. The molecule has 0 heterocycles. The Hall–Kier alpha value is -0.0700. The van der Waals surface area contributed by atoms with Gasteiger partial charge < -0.3 is 0 Å². The van der Waals surface area contributed by atoms with E-state index in [1.54, 1.807) is 6.08 Å². The van der Waals surface area contributed by atoms with Gasteiger partial charge in [0.05, 0.1) is 0 Å². The first-order valence-corrected chi connectivity index (χ1v) is 5.54. The first kappa shape index (κ1) is 11.0. The summed E-state index contributed by atoms with van der Waals surface area (Å²) in [4.78, 5) is 0. The zero-order chi connectivity index (χ0) is 10.1. The van der Waals surface area contributed by atoms with Crippen LogP contribution in [0.2, 0.25) is 0 Å². The SMILES string of the molecule is NS(=O)(=O)OC1(Cl)C=CC=CC1Cl. The second kappa shape index (κ2) is 3.59. The monoisotopic (exact) mass is 243 g/mol. The highest BCUT2D eigenvalue weighted by molar-refractivity contribution is 7.84. The van der Waals surface area contributed by atoms with Crippen LogP contribution in [-0.4, -0.2) is 18.9 Å². The van der Waals surface area contributed by atoms with Gasteiger partial charge in [0.15, 0.2) is 5.06 Å². The summed E-state index contributed by atoms with van der Waals surface area (Å²) in [5.74, 6) is 0. The van der Waals surface area contributed by atoms with Crippen molar-refractivity contribution in [3.05, 3.63) is 24.3 Å². The van der Waals surface area contributed by atoms with Crippen LogP contribution in [0.15, 0.2) is 24.3 Å². The minimum absolute atomic E-state index is 0.780. The van der Waals surface area contributed by atoms with Crippen molar-refractivity contribution in [2.75, 3.05) is 0 Å². The van der Waals surface area contributed by atoms with E-state index in [1.807, 2.05) is 0 Å². The largest absolute Gasteiger partial charge is 0.335 e. The molecule has 0 aliphatic heterocycles. The summed E-state index contributed by atoms with van der Waals surface area (Å²) < 4.78 is 25.6. The summed E-state index contributed by atoms with van der Waals surface area (Å²) in [7, 11) is -4.12. The number of nitrogens with two attached hydrogens (primary N) is 1. The van der Waals surface area contributed by atoms with Crippen LogP contribution >= 0.6 is 23.2 Å². The Morgan fingerprint density at radius 2 is 2.08 bits per heavy atom. The van der Waals surface area contributed by atoms with Crippen LogP contribution in [0.1, 0.15) is 0 Å². The minimum atomic E-state index is -4.12. The quantitative estimate of drug-likeness (QED) is 0.733. The number of hydrogen-bond donors (Lipinski definition) is 1. The first-order chi connectivity index (χ1) is 5.83. The molecule has 4 nitrogen and oxygen atoms in total. The molecule has 1 aliphatic carbocycles. The maximum absolute atomic E-state index is 10.6. The van der Waals surface area contributed by atoms with E-state index in [0.29, 0.717) is 0 Å². The lowest BCUT2D eigenvalue weighted by molar-refractivity contribution is 0.220. The van der Waals surface area contributed by atoms with Gasteiger partial charge in [0.25, 0.3) is 0 Å². The second-order valence-corrected chi connectivity index (χ2v) is 4.63. The summed E-state index contributed by atoms with van der Waals surface area (Å²) in [6.07, 6.45) is 5.97. The molecule has 1 rings (SSSR count). The normalized spacial score (nSPS) is 33.6. The molecule has 2 unspecified atom stereocenters. The van der Waals surface area contributed by atoms with Crippen LogP contribution in [0.5, 0.6) is 0 Å².